The molecule has 0 aliphatic rings. The van der Waals surface area contributed by atoms with Gasteiger partial charge in [0.25, 0.3) is 0 Å². The number of hydrogen-bond acceptors (Lipinski definition) is 2. The van der Waals surface area contributed by atoms with Crippen LogP contribution in [-0.4, -0.2) is 16.9 Å². The third kappa shape index (κ3) is 4.64. The van der Waals surface area contributed by atoms with Gasteiger partial charge in [0.2, 0.25) is 0 Å². The zero-order valence-electron chi connectivity index (χ0n) is 9.85. The summed E-state index contributed by atoms with van der Waals surface area (Å²) in [6.45, 7) is 2.05. The Balaban J connectivity index is 2.67. The Kier molecular flexibility index (Phi) is 5.14. The summed E-state index contributed by atoms with van der Waals surface area (Å²) in [6, 6.07) is 6.97. The molecule has 3 nitrogen and oxygen atoms in total. The average Bonchev–Trinajstić information content (AvgIpc) is 2.34. The number of carboxylic acid groups (broad SMARTS) is 1. The standard InChI is InChI=1S/C14H16O3/c1-2-3-4-13(15)12-8-5-11(6-9-12)7-10-14(16)17/h5-10H,2-4H2,1H3,(H,16,17)/b10-7+. The molecule has 0 radical (unpaired) electrons. The van der Waals surface area contributed by atoms with Crippen LogP contribution >= 0.6 is 0 Å². The first kappa shape index (κ1) is 13.2. The van der Waals surface area contributed by atoms with Crippen LogP contribution in [0.15, 0.2) is 30.3 Å². The van der Waals surface area contributed by atoms with E-state index in [2.05, 4.69) is 0 Å². The summed E-state index contributed by atoms with van der Waals surface area (Å²) >= 11 is 0. The molecule has 17 heavy (non-hydrogen) atoms. The minimum atomic E-state index is -0.979. The molecule has 1 aromatic carbocycles. The zero-order valence-corrected chi connectivity index (χ0v) is 9.85. The van der Waals surface area contributed by atoms with Gasteiger partial charge in [-0.05, 0) is 18.1 Å². The van der Waals surface area contributed by atoms with E-state index in [1.165, 1.54) is 6.08 Å². The zero-order chi connectivity index (χ0) is 12.7. The molecule has 0 saturated carbocycles. The van der Waals surface area contributed by atoms with Crippen molar-refractivity contribution in [3.8, 4) is 0 Å². The molecule has 0 saturated heterocycles. The molecule has 1 rings (SSSR count). The molecule has 0 aliphatic heterocycles. The molecule has 1 aromatic rings. The van der Waals surface area contributed by atoms with E-state index in [4.69, 9.17) is 5.11 Å². The first-order chi connectivity index (χ1) is 8.13. The Hall–Kier alpha value is -1.90. The number of carbonyl (C=O) groups is 2. The van der Waals surface area contributed by atoms with Crippen LogP contribution in [0.1, 0.15) is 42.1 Å². The Labute approximate surface area is 101 Å². The second-order valence-electron chi connectivity index (χ2n) is 3.82. The number of rotatable bonds is 6. The van der Waals surface area contributed by atoms with Crippen LogP contribution in [0.4, 0.5) is 0 Å². The van der Waals surface area contributed by atoms with Gasteiger partial charge in [-0.25, -0.2) is 4.79 Å². The summed E-state index contributed by atoms with van der Waals surface area (Å²) in [5, 5.41) is 8.47. The number of aliphatic carboxylic acids is 1. The van der Waals surface area contributed by atoms with E-state index in [9.17, 15) is 9.59 Å². The lowest BCUT2D eigenvalue weighted by molar-refractivity contribution is -0.131. The van der Waals surface area contributed by atoms with Gasteiger partial charge in [-0.1, -0.05) is 37.6 Å². The third-order valence-corrected chi connectivity index (χ3v) is 2.41. The quantitative estimate of drug-likeness (QED) is 0.605. The number of ketones is 1. The summed E-state index contributed by atoms with van der Waals surface area (Å²) in [6.07, 6.45) is 5.06. The number of unbranched alkanes of at least 4 members (excludes halogenated alkanes) is 1. The van der Waals surface area contributed by atoms with Crippen LogP contribution < -0.4 is 0 Å². The molecule has 0 unspecified atom stereocenters. The molecule has 0 heterocycles. The molecule has 1 N–H and O–H groups in total. The molecule has 0 amide bonds. The van der Waals surface area contributed by atoms with E-state index >= 15 is 0 Å². The minimum Gasteiger partial charge on any atom is -0.478 e. The lowest BCUT2D eigenvalue weighted by Crippen LogP contribution is -1.98. The summed E-state index contributed by atoms with van der Waals surface area (Å²) in [7, 11) is 0. The van der Waals surface area contributed by atoms with Gasteiger partial charge in [-0.3, -0.25) is 4.79 Å². The average molecular weight is 232 g/mol. The van der Waals surface area contributed by atoms with Gasteiger partial charge in [-0.2, -0.15) is 0 Å². The molecule has 0 bridgehead atoms. The van der Waals surface area contributed by atoms with Crippen molar-refractivity contribution in [2.75, 3.05) is 0 Å². The second kappa shape index (κ2) is 6.63. The van der Waals surface area contributed by atoms with Crippen molar-refractivity contribution in [1.29, 1.82) is 0 Å². The molecule has 0 fully saturated rings. The maximum Gasteiger partial charge on any atom is 0.328 e. The van der Waals surface area contributed by atoms with Gasteiger partial charge in [0.15, 0.2) is 5.78 Å². The molecule has 0 spiro atoms. The van der Waals surface area contributed by atoms with Crippen molar-refractivity contribution >= 4 is 17.8 Å². The molecule has 90 valence electrons. The third-order valence-electron chi connectivity index (χ3n) is 2.41. The van der Waals surface area contributed by atoms with Crippen LogP contribution in [0, 0.1) is 0 Å². The monoisotopic (exact) mass is 232 g/mol. The maximum absolute atomic E-state index is 11.7. The van der Waals surface area contributed by atoms with E-state index in [0.29, 0.717) is 12.0 Å². The lowest BCUT2D eigenvalue weighted by atomic mass is 10.0. The normalized spacial score (nSPS) is 10.6. The van der Waals surface area contributed by atoms with E-state index < -0.39 is 5.97 Å². The number of carboxylic acids is 1. The smallest absolute Gasteiger partial charge is 0.328 e. The fourth-order valence-electron chi connectivity index (χ4n) is 1.43. The van der Waals surface area contributed by atoms with Crippen molar-refractivity contribution in [1.82, 2.24) is 0 Å². The van der Waals surface area contributed by atoms with Crippen molar-refractivity contribution in [3.05, 3.63) is 41.5 Å². The summed E-state index contributed by atoms with van der Waals surface area (Å²) < 4.78 is 0. The highest BCUT2D eigenvalue weighted by Crippen LogP contribution is 2.10. The Morgan fingerprint density at radius 2 is 1.88 bits per heavy atom. The highest BCUT2D eigenvalue weighted by atomic mass is 16.4. The summed E-state index contributed by atoms with van der Waals surface area (Å²) in [5.41, 5.74) is 1.46. The van der Waals surface area contributed by atoms with Crippen molar-refractivity contribution in [2.24, 2.45) is 0 Å². The maximum atomic E-state index is 11.7. The number of hydrogen-bond donors (Lipinski definition) is 1. The SMILES string of the molecule is CCCCC(=O)c1ccc(/C=C/C(=O)O)cc1. The topological polar surface area (TPSA) is 54.4 Å². The number of benzene rings is 1. The van der Waals surface area contributed by atoms with Crippen molar-refractivity contribution < 1.29 is 14.7 Å². The Morgan fingerprint density at radius 1 is 1.24 bits per heavy atom. The molecule has 0 aromatic heterocycles. The first-order valence-corrected chi connectivity index (χ1v) is 5.67. The van der Waals surface area contributed by atoms with Gasteiger partial charge >= 0.3 is 5.97 Å². The van der Waals surface area contributed by atoms with Gasteiger partial charge in [0.05, 0.1) is 0 Å². The van der Waals surface area contributed by atoms with E-state index in [1.807, 2.05) is 6.92 Å². The predicted molar refractivity (Wildman–Crippen MR) is 67.0 cm³/mol. The van der Waals surface area contributed by atoms with E-state index in [0.717, 1.165) is 24.5 Å². The van der Waals surface area contributed by atoms with Gasteiger partial charge < -0.3 is 5.11 Å². The summed E-state index contributed by atoms with van der Waals surface area (Å²) in [5.74, 6) is -0.839. The summed E-state index contributed by atoms with van der Waals surface area (Å²) in [4.78, 5) is 22.0. The van der Waals surface area contributed by atoms with Crippen LogP contribution in [-0.2, 0) is 4.79 Å². The van der Waals surface area contributed by atoms with Crippen LogP contribution in [0.5, 0.6) is 0 Å². The van der Waals surface area contributed by atoms with E-state index in [1.54, 1.807) is 24.3 Å². The van der Waals surface area contributed by atoms with Crippen molar-refractivity contribution in [3.63, 3.8) is 0 Å². The van der Waals surface area contributed by atoms with Crippen LogP contribution in [0.25, 0.3) is 6.08 Å². The highest BCUT2D eigenvalue weighted by Gasteiger charge is 2.04. The van der Waals surface area contributed by atoms with Crippen LogP contribution in [0.3, 0.4) is 0 Å². The Bertz CT molecular complexity index is 416. The largest absolute Gasteiger partial charge is 0.478 e. The number of Topliss-reactive ketones (excluding diaryl/α,β-unsaturated/α-hetero) is 1. The fourth-order valence-corrected chi connectivity index (χ4v) is 1.43. The van der Waals surface area contributed by atoms with Crippen LogP contribution in [0.2, 0.25) is 0 Å². The van der Waals surface area contributed by atoms with E-state index in [-0.39, 0.29) is 5.78 Å². The minimum absolute atomic E-state index is 0.139. The molecule has 0 atom stereocenters. The van der Waals surface area contributed by atoms with Gasteiger partial charge in [-0.15, -0.1) is 0 Å². The molecule has 3 heteroatoms. The van der Waals surface area contributed by atoms with Crippen molar-refractivity contribution in [2.45, 2.75) is 26.2 Å². The second-order valence-corrected chi connectivity index (χ2v) is 3.82. The number of carbonyl (C=O) groups excluding carboxylic acids is 1. The van der Waals surface area contributed by atoms with Gasteiger partial charge in [0.1, 0.15) is 0 Å². The molecule has 0 aliphatic carbocycles. The first-order valence-electron chi connectivity index (χ1n) is 5.67. The predicted octanol–water partition coefficient (Wildman–Crippen LogP) is 3.16. The highest BCUT2D eigenvalue weighted by molar-refractivity contribution is 5.96. The fraction of sp³-hybridized carbons (Fsp3) is 0.286. The Morgan fingerprint density at radius 3 is 2.41 bits per heavy atom. The molecular formula is C14H16O3. The van der Waals surface area contributed by atoms with Gasteiger partial charge in [0, 0.05) is 18.1 Å². The molecular weight excluding hydrogens is 216 g/mol. The lowest BCUT2D eigenvalue weighted by Gasteiger charge is -2.00.